The number of thiazole rings is 1. The van der Waals surface area contributed by atoms with E-state index in [0.717, 1.165) is 46.9 Å². The molecule has 130 valence electrons. The van der Waals surface area contributed by atoms with Gasteiger partial charge in [-0.2, -0.15) is 4.31 Å². The minimum atomic E-state index is -3.08. The molecular weight excluding hydrogens is 346 g/mol. The van der Waals surface area contributed by atoms with Crippen LogP contribution in [0.3, 0.4) is 0 Å². The standard InChI is InChI=1S/C16H21N3O3S2/c1-22-12-3-6-14-15(11-12)23-16(17-14)18-7-2-8-19(10-9-18)24(20,21)13-4-5-13/h3,6,11,13H,2,4-5,7-10H2,1H3. The number of fused-ring (bicyclic) bond motifs is 1. The minimum Gasteiger partial charge on any atom is -0.497 e. The van der Waals surface area contributed by atoms with Crippen molar-refractivity contribution in [1.82, 2.24) is 9.29 Å². The van der Waals surface area contributed by atoms with E-state index in [1.54, 1.807) is 22.8 Å². The van der Waals surface area contributed by atoms with Crippen LogP contribution in [0.15, 0.2) is 18.2 Å². The Bertz CT molecular complexity index is 845. The van der Waals surface area contributed by atoms with Crippen LogP contribution in [-0.4, -0.2) is 56.2 Å². The summed E-state index contributed by atoms with van der Waals surface area (Å²) in [5.74, 6) is 0.829. The van der Waals surface area contributed by atoms with Gasteiger partial charge < -0.3 is 9.64 Å². The predicted octanol–water partition coefficient (Wildman–Crippen LogP) is 2.31. The summed E-state index contributed by atoms with van der Waals surface area (Å²) in [6, 6.07) is 5.88. The van der Waals surface area contributed by atoms with E-state index in [1.807, 2.05) is 18.2 Å². The summed E-state index contributed by atoms with van der Waals surface area (Å²) in [5, 5.41) is 0.836. The van der Waals surface area contributed by atoms with Crippen molar-refractivity contribution in [1.29, 1.82) is 0 Å². The fourth-order valence-electron chi connectivity index (χ4n) is 3.07. The molecule has 1 aromatic carbocycles. The molecule has 1 aromatic heterocycles. The number of hydrogen-bond acceptors (Lipinski definition) is 6. The van der Waals surface area contributed by atoms with Gasteiger partial charge in [0, 0.05) is 26.2 Å². The summed E-state index contributed by atoms with van der Waals surface area (Å²) in [6.45, 7) is 2.71. The molecule has 1 aliphatic carbocycles. The zero-order chi connectivity index (χ0) is 16.7. The van der Waals surface area contributed by atoms with Gasteiger partial charge in [0.05, 0.1) is 22.6 Å². The monoisotopic (exact) mass is 367 g/mol. The molecule has 1 saturated carbocycles. The summed E-state index contributed by atoms with van der Waals surface area (Å²) in [5.41, 5.74) is 0.961. The van der Waals surface area contributed by atoms with Crippen LogP contribution >= 0.6 is 11.3 Å². The van der Waals surface area contributed by atoms with Crippen LogP contribution in [0.2, 0.25) is 0 Å². The van der Waals surface area contributed by atoms with E-state index in [2.05, 4.69) is 4.90 Å². The first-order chi connectivity index (χ1) is 11.6. The molecule has 0 radical (unpaired) electrons. The molecule has 6 nitrogen and oxygen atoms in total. The van der Waals surface area contributed by atoms with E-state index in [-0.39, 0.29) is 5.25 Å². The molecule has 1 aliphatic heterocycles. The van der Waals surface area contributed by atoms with E-state index < -0.39 is 10.0 Å². The van der Waals surface area contributed by atoms with Crippen LogP contribution in [0.25, 0.3) is 10.2 Å². The van der Waals surface area contributed by atoms with Crippen LogP contribution < -0.4 is 9.64 Å². The number of anilines is 1. The summed E-state index contributed by atoms with van der Waals surface area (Å²) in [6.07, 6.45) is 2.48. The second-order valence-electron chi connectivity index (χ2n) is 6.31. The molecule has 2 aromatic rings. The summed E-state index contributed by atoms with van der Waals surface area (Å²) in [4.78, 5) is 6.92. The summed E-state index contributed by atoms with van der Waals surface area (Å²) >= 11 is 1.64. The number of sulfonamides is 1. The van der Waals surface area contributed by atoms with E-state index >= 15 is 0 Å². The molecule has 0 atom stereocenters. The first-order valence-electron chi connectivity index (χ1n) is 8.26. The molecule has 2 heterocycles. The summed E-state index contributed by atoms with van der Waals surface area (Å²) in [7, 11) is -1.42. The first-order valence-corrected chi connectivity index (χ1v) is 10.6. The normalized spacial score (nSPS) is 20.3. The van der Waals surface area contributed by atoms with Crippen LogP contribution in [0, 0.1) is 0 Å². The Kier molecular flexibility index (Phi) is 4.14. The average molecular weight is 367 g/mol. The lowest BCUT2D eigenvalue weighted by Gasteiger charge is -2.21. The van der Waals surface area contributed by atoms with Gasteiger partial charge in [0.2, 0.25) is 10.0 Å². The highest BCUT2D eigenvalue weighted by Gasteiger charge is 2.40. The molecule has 0 unspecified atom stereocenters. The van der Waals surface area contributed by atoms with Gasteiger partial charge in [-0.25, -0.2) is 13.4 Å². The van der Waals surface area contributed by atoms with Gasteiger partial charge in [-0.15, -0.1) is 0 Å². The number of rotatable bonds is 4. The van der Waals surface area contributed by atoms with Crippen molar-refractivity contribution in [2.24, 2.45) is 0 Å². The zero-order valence-electron chi connectivity index (χ0n) is 13.6. The van der Waals surface area contributed by atoms with Crippen molar-refractivity contribution in [2.45, 2.75) is 24.5 Å². The maximum atomic E-state index is 12.4. The molecule has 24 heavy (non-hydrogen) atoms. The van der Waals surface area contributed by atoms with Crippen molar-refractivity contribution < 1.29 is 13.2 Å². The number of aromatic nitrogens is 1. The number of methoxy groups -OCH3 is 1. The third-order valence-electron chi connectivity index (χ3n) is 4.62. The summed E-state index contributed by atoms with van der Waals surface area (Å²) < 4.78 is 32.9. The number of hydrogen-bond donors (Lipinski definition) is 0. The molecule has 8 heteroatoms. The molecule has 0 spiro atoms. The van der Waals surface area contributed by atoms with Crippen LogP contribution in [0.5, 0.6) is 5.75 Å². The Morgan fingerprint density at radius 1 is 1.21 bits per heavy atom. The Morgan fingerprint density at radius 2 is 2.04 bits per heavy atom. The van der Waals surface area contributed by atoms with Crippen molar-refractivity contribution >= 4 is 36.7 Å². The lowest BCUT2D eigenvalue weighted by molar-refractivity contribution is 0.415. The molecular formula is C16H21N3O3S2. The number of ether oxygens (including phenoxy) is 1. The van der Waals surface area contributed by atoms with E-state index in [4.69, 9.17) is 9.72 Å². The molecule has 0 bridgehead atoms. The Labute approximate surface area is 146 Å². The lowest BCUT2D eigenvalue weighted by atomic mass is 10.3. The predicted molar refractivity (Wildman–Crippen MR) is 96.5 cm³/mol. The van der Waals surface area contributed by atoms with Crippen molar-refractivity contribution in [3.8, 4) is 5.75 Å². The second kappa shape index (κ2) is 6.16. The van der Waals surface area contributed by atoms with E-state index in [1.165, 1.54) is 0 Å². The van der Waals surface area contributed by atoms with Crippen molar-refractivity contribution in [2.75, 3.05) is 38.2 Å². The maximum absolute atomic E-state index is 12.4. The van der Waals surface area contributed by atoms with E-state index in [9.17, 15) is 8.42 Å². The first kappa shape index (κ1) is 16.1. The van der Waals surface area contributed by atoms with Gasteiger partial charge in [0.25, 0.3) is 0 Å². The quantitative estimate of drug-likeness (QED) is 0.830. The second-order valence-corrected chi connectivity index (χ2v) is 9.54. The fraction of sp³-hybridized carbons (Fsp3) is 0.562. The Morgan fingerprint density at radius 3 is 2.79 bits per heavy atom. The molecule has 0 amide bonds. The zero-order valence-corrected chi connectivity index (χ0v) is 15.3. The lowest BCUT2D eigenvalue weighted by Crippen LogP contribution is -2.37. The Hall–Kier alpha value is -1.38. The van der Waals surface area contributed by atoms with Gasteiger partial charge in [-0.3, -0.25) is 0 Å². The van der Waals surface area contributed by atoms with Gasteiger partial charge in [-0.1, -0.05) is 11.3 Å². The minimum absolute atomic E-state index is 0.126. The molecule has 4 rings (SSSR count). The largest absolute Gasteiger partial charge is 0.497 e. The highest BCUT2D eigenvalue weighted by atomic mass is 32.2. The van der Waals surface area contributed by atoms with Crippen molar-refractivity contribution in [3.63, 3.8) is 0 Å². The van der Waals surface area contributed by atoms with Crippen LogP contribution in [0.4, 0.5) is 5.13 Å². The van der Waals surface area contributed by atoms with Gasteiger partial charge >= 0.3 is 0 Å². The van der Waals surface area contributed by atoms with Gasteiger partial charge in [0.1, 0.15) is 5.75 Å². The van der Waals surface area contributed by atoms with Crippen LogP contribution in [0.1, 0.15) is 19.3 Å². The third kappa shape index (κ3) is 2.98. The highest BCUT2D eigenvalue weighted by molar-refractivity contribution is 7.90. The average Bonchev–Trinajstić information content (AvgIpc) is 3.38. The van der Waals surface area contributed by atoms with E-state index in [0.29, 0.717) is 19.6 Å². The van der Waals surface area contributed by atoms with Gasteiger partial charge in [0.15, 0.2) is 5.13 Å². The molecule has 2 aliphatic rings. The SMILES string of the molecule is COc1ccc2nc(N3CCCN(S(=O)(=O)C4CC4)CC3)sc2c1. The molecule has 2 fully saturated rings. The highest BCUT2D eigenvalue weighted by Crippen LogP contribution is 2.34. The number of benzene rings is 1. The molecule has 0 N–H and O–H groups in total. The molecule has 1 saturated heterocycles. The van der Waals surface area contributed by atoms with Crippen LogP contribution in [-0.2, 0) is 10.0 Å². The fourth-order valence-corrected chi connectivity index (χ4v) is 5.99. The van der Waals surface area contributed by atoms with Gasteiger partial charge in [-0.05, 0) is 37.5 Å². The topological polar surface area (TPSA) is 62.7 Å². The van der Waals surface area contributed by atoms with Crippen molar-refractivity contribution in [3.05, 3.63) is 18.2 Å². The number of nitrogens with zero attached hydrogens (tertiary/aromatic N) is 3. The smallest absolute Gasteiger partial charge is 0.217 e. The maximum Gasteiger partial charge on any atom is 0.217 e. The third-order valence-corrected chi connectivity index (χ3v) is 8.09. The Balaban J connectivity index is 1.52.